The van der Waals surface area contributed by atoms with E-state index >= 15 is 0 Å². The number of rotatable bonds is 6. The molecule has 1 N–H and O–H groups in total. The van der Waals surface area contributed by atoms with Crippen LogP contribution in [-0.2, 0) is 21.7 Å². The molecule has 2 aromatic carbocycles. The third-order valence-electron chi connectivity index (χ3n) is 4.58. The van der Waals surface area contributed by atoms with Crippen molar-refractivity contribution in [3.05, 3.63) is 70.8 Å². The van der Waals surface area contributed by atoms with E-state index in [1.807, 2.05) is 18.2 Å². The molecule has 1 aliphatic carbocycles. The van der Waals surface area contributed by atoms with Gasteiger partial charge >= 0.3 is 5.97 Å². The Morgan fingerprint density at radius 2 is 1.92 bits per heavy atom. The van der Waals surface area contributed by atoms with E-state index in [9.17, 15) is 9.59 Å². The number of carbonyl (C=O) groups is 2. The van der Waals surface area contributed by atoms with E-state index in [-0.39, 0.29) is 17.9 Å². The molecule has 1 atom stereocenters. The first kappa shape index (κ1) is 18.5. The van der Waals surface area contributed by atoms with Gasteiger partial charge in [-0.25, -0.2) is 4.79 Å². The minimum absolute atomic E-state index is 0.0721. The van der Waals surface area contributed by atoms with Crippen LogP contribution in [0.15, 0.2) is 48.5 Å². The van der Waals surface area contributed by atoms with E-state index in [1.165, 1.54) is 18.2 Å². The monoisotopic (exact) mass is 369 g/mol. The molecule has 0 aliphatic heterocycles. The zero-order chi connectivity index (χ0) is 18.4. The van der Waals surface area contributed by atoms with Gasteiger partial charge in [-0.1, -0.05) is 36.4 Å². The molecule has 26 heavy (non-hydrogen) atoms. The summed E-state index contributed by atoms with van der Waals surface area (Å²) in [5.41, 5.74) is 4.23. The fourth-order valence-electron chi connectivity index (χ4n) is 3.26. The molecule has 1 amide bonds. The Kier molecular flexibility index (Phi) is 6.34. The van der Waals surface area contributed by atoms with Gasteiger partial charge in [0.25, 0.3) is 0 Å². The van der Waals surface area contributed by atoms with Gasteiger partial charge in [0.1, 0.15) is 0 Å². The summed E-state index contributed by atoms with van der Waals surface area (Å²) in [6, 6.07) is 15.8. The Labute approximate surface area is 158 Å². The third-order valence-corrected chi connectivity index (χ3v) is 5.59. The molecule has 0 saturated heterocycles. The van der Waals surface area contributed by atoms with Gasteiger partial charge < -0.3 is 10.1 Å². The van der Waals surface area contributed by atoms with Gasteiger partial charge in [-0.15, -0.1) is 11.8 Å². The molecule has 0 fully saturated rings. The van der Waals surface area contributed by atoms with Crippen LogP contribution in [0.1, 0.15) is 45.9 Å². The van der Waals surface area contributed by atoms with Gasteiger partial charge in [0.15, 0.2) is 0 Å². The van der Waals surface area contributed by atoms with Crippen molar-refractivity contribution in [3.63, 3.8) is 0 Å². The molecule has 4 nitrogen and oxygen atoms in total. The van der Waals surface area contributed by atoms with Gasteiger partial charge in [-0.3, -0.25) is 4.79 Å². The molecule has 5 heteroatoms. The van der Waals surface area contributed by atoms with Crippen LogP contribution in [0, 0.1) is 0 Å². The maximum absolute atomic E-state index is 12.3. The van der Waals surface area contributed by atoms with Crippen molar-refractivity contribution in [1.82, 2.24) is 5.32 Å². The molecule has 0 heterocycles. The van der Waals surface area contributed by atoms with Crippen LogP contribution in [-0.4, -0.2) is 24.7 Å². The minimum atomic E-state index is -0.337. The van der Waals surface area contributed by atoms with Crippen LogP contribution in [0.2, 0.25) is 0 Å². The highest BCUT2D eigenvalue weighted by Crippen LogP contribution is 2.29. The topological polar surface area (TPSA) is 55.4 Å². The van der Waals surface area contributed by atoms with Gasteiger partial charge in [-0.2, -0.15) is 0 Å². The predicted molar refractivity (Wildman–Crippen MR) is 104 cm³/mol. The highest BCUT2D eigenvalue weighted by Gasteiger charge is 2.21. The number of hydrogen-bond donors (Lipinski definition) is 1. The zero-order valence-electron chi connectivity index (χ0n) is 14.9. The normalized spacial score (nSPS) is 15.8. The number of carbonyl (C=O) groups excluding carboxylic acids is 2. The van der Waals surface area contributed by atoms with Crippen molar-refractivity contribution in [2.45, 2.75) is 31.1 Å². The lowest BCUT2D eigenvalue weighted by molar-refractivity contribution is -0.119. The SMILES string of the molecule is COC(=O)c1ccc(CSCC(=O)NC2CCCc3ccccc32)cc1. The number of benzene rings is 2. The summed E-state index contributed by atoms with van der Waals surface area (Å²) in [5.74, 6) is 0.896. The van der Waals surface area contributed by atoms with Crippen LogP contribution < -0.4 is 5.32 Å². The second-order valence-corrected chi connectivity index (χ2v) is 7.38. The summed E-state index contributed by atoms with van der Waals surface area (Å²) in [7, 11) is 1.37. The quantitative estimate of drug-likeness (QED) is 0.785. The van der Waals surface area contributed by atoms with Gasteiger partial charge in [0.05, 0.1) is 24.5 Å². The minimum Gasteiger partial charge on any atom is -0.465 e. The molecule has 0 spiro atoms. The number of aryl methyl sites for hydroxylation is 1. The van der Waals surface area contributed by atoms with Crippen LogP contribution in [0.4, 0.5) is 0 Å². The summed E-state index contributed by atoms with van der Waals surface area (Å²) in [6.07, 6.45) is 3.21. The molecule has 0 bridgehead atoms. The second kappa shape index (κ2) is 8.90. The smallest absolute Gasteiger partial charge is 0.337 e. The molecule has 1 unspecified atom stereocenters. The Morgan fingerprint density at radius 3 is 2.69 bits per heavy atom. The molecular weight excluding hydrogens is 346 g/mol. The molecule has 136 valence electrons. The second-order valence-electron chi connectivity index (χ2n) is 6.39. The van der Waals surface area contributed by atoms with Gasteiger partial charge in [-0.05, 0) is 48.1 Å². The van der Waals surface area contributed by atoms with Crippen molar-refractivity contribution in [1.29, 1.82) is 0 Å². The number of fused-ring (bicyclic) bond motifs is 1. The summed E-state index contributed by atoms with van der Waals surface area (Å²) >= 11 is 1.58. The first-order valence-electron chi connectivity index (χ1n) is 8.79. The highest BCUT2D eigenvalue weighted by atomic mass is 32.2. The van der Waals surface area contributed by atoms with Crippen molar-refractivity contribution >= 4 is 23.6 Å². The number of hydrogen-bond acceptors (Lipinski definition) is 4. The van der Waals surface area contributed by atoms with Crippen molar-refractivity contribution in [2.24, 2.45) is 0 Å². The van der Waals surface area contributed by atoms with Crippen LogP contribution in [0.3, 0.4) is 0 Å². The number of amides is 1. The summed E-state index contributed by atoms with van der Waals surface area (Å²) in [5, 5.41) is 3.17. The Morgan fingerprint density at radius 1 is 1.15 bits per heavy atom. The van der Waals surface area contributed by atoms with E-state index in [0.717, 1.165) is 30.6 Å². The number of ether oxygens (including phenoxy) is 1. The number of nitrogens with one attached hydrogen (secondary N) is 1. The number of thioether (sulfide) groups is 1. The van der Waals surface area contributed by atoms with Crippen LogP contribution >= 0.6 is 11.8 Å². The molecule has 1 aliphatic rings. The predicted octanol–water partition coefficient (Wildman–Crippen LogP) is 3.90. The summed E-state index contributed by atoms with van der Waals surface area (Å²) in [6.45, 7) is 0. The summed E-state index contributed by atoms with van der Waals surface area (Å²) in [4.78, 5) is 23.7. The molecule has 3 rings (SSSR count). The standard InChI is InChI=1S/C21H23NO3S/c1-25-21(24)17-11-9-15(10-12-17)13-26-14-20(23)22-19-8-4-6-16-5-2-3-7-18(16)19/h2-3,5,7,9-12,19H,4,6,8,13-14H2,1H3,(H,22,23). The molecule has 0 radical (unpaired) electrons. The van der Waals surface area contributed by atoms with E-state index in [4.69, 9.17) is 0 Å². The third kappa shape index (κ3) is 4.67. The van der Waals surface area contributed by atoms with Gasteiger partial charge in [0.2, 0.25) is 5.91 Å². The van der Waals surface area contributed by atoms with Gasteiger partial charge in [0, 0.05) is 5.75 Å². The lowest BCUT2D eigenvalue weighted by atomic mass is 9.88. The van der Waals surface area contributed by atoms with E-state index in [1.54, 1.807) is 23.9 Å². The molecule has 0 saturated carbocycles. The fraction of sp³-hybridized carbons (Fsp3) is 0.333. The van der Waals surface area contributed by atoms with Crippen molar-refractivity contribution in [3.8, 4) is 0 Å². The largest absolute Gasteiger partial charge is 0.465 e. The first-order valence-corrected chi connectivity index (χ1v) is 9.95. The lowest BCUT2D eigenvalue weighted by Gasteiger charge is -2.26. The number of methoxy groups -OCH3 is 1. The highest BCUT2D eigenvalue weighted by molar-refractivity contribution is 7.99. The first-order chi connectivity index (χ1) is 12.7. The zero-order valence-corrected chi connectivity index (χ0v) is 15.7. The Bertz CT molecular complexity index is 773. The maximum Gasteiger partial charge on any atom is 0.337 e. The maximum atomic E-state index is 12.3. The van der Waals surface area contributed by atoms with E-state index in [2.05, 4.69) is 28.3 Å². The average Bonchev–Trinajstić information content (AvgIpc) is 2.68. The molecule has 2 aromatic rings. The van der Waals surface area contributed by atoms with Crippen molar-refractivity contribution < 1.29 is 14.3 Å². The molecule has 0 aromatic heterocycles. The number of esters is 1. The van der Waals surface area contributed by atoms with E-state index in [0.29, 0.717) is 11.3 Å². The van der Waals surface area contributed by atoms with Crippen molar-refractivity contribution in [2.75, 3.05) is 12.9 Å². The lowest BCUT2D eigenvalue weighted by Crippen LogP contribution is -2.32. The average molecular weight is 369 g/mol. The van der Waals surface area contributed by atoms with E-state index < -0.39 is 0 Å². The Hall–Kier alpha value is -2.27. The Balaban J connectivity index is 1.47. The molecular formula is C21H23NO3S. The fourth-order valence-corrected chi connectivity index (χ4v) is 4.06. The summed E-state index contributed by atoms with van der Waals surface area (Å²) < 4.78 is 4.69. The van der Waals surface area contributed by atoms with Crippen LogP contribution in [0.5, 0.6) is 0 Å². The van der Waals surface area contributed by atoms with Crippen LogP contribution in [0.25, 0.3) is 0 Å².